The van der Waals surface area contributed by atoms with Crippen molar-refractivity contribution in [2.45, 2.75) is 17.9 Å². The molecule has 0 amide bonds. The number of ether oxygens (including phenoxy) is 1. The summed E-state index contributed by atoms with van der Waals surface area (Å²) in [5.41, 5.74) is 3.26. The number of halogens is 1. The number of nitrogens with zero attached hydrogens (tertiary/aromatic N) is 3. The van der Waals surface area contributed by atoms with Crippen molar-refractivity contribution in [3.05, 3.63) is 47.2 Å². The molecule has 0 radical (unpaired) electrons. The van der Waals surface area contributed by atoms with E-state index >= 15 is 0 Å². The molecule has 0 spiro atoms. The molecule has 24 heavy (non-hydrogen) atoms. The van der Waals surface area contributed by atoms with Crippen molar-refractivity contribution >= 4 is 28.7 Å². The molecule has 0 aliphatic heterocycles. The van der Waals surface area contributed by atoms with Gasteiger partial charge in [0.25, 0.3) is 0 Å². The van der Waals surface area contributed by atoms with Gasteiger partial charge < -0.3 is 4.74 Å². The molecule has 1 N–H and O–H groups in total. The van der Waals surface area contributed by atoms with Crippen molar-refractivity contribution in [1.29, 1.82) is 0 Å². The zero-order valence-corrected chi connectivity index (χ0v) is 14.7. The Kier molecular flexibility index (Phi) is 4.89. The maximum Gasteiger partial charge on any atom is 0.240 e. The lowest BCUT2D eigenvalue weighted by Gasteiger charge is -2.11. The van der Waals surface area contributed by atoms with Crippen molar-refractivity contribution in [2.24, 2.45) is 7.05 Å². The van der Waals surface area contributed by atoms with Crippen molar-refractivity contribution in [2.75, 3.05) is 13.4 Å². The Morgan fingerprint density at radius 2 is 2.08 bits per heavy atom. The van der Waals surface area contributed by atoms with E-state index in [2.05, 4.69) is 15.3 Å². The number of aromatic nitrogens is 4. The van der Waals surface area contributed by atoms with Crippen LogP contribution in [0.1, 0.15) is 17.7 Å². The largest absolute Gasteiger partial charge is 0.501 e. The van der Waals surface area contributed by atoms with Crippen LogP contribution in [-0.4, -0.2) is 33.3 Å². The van der Waals surface area contributed by atoms with E-state index in [0.29, 0.717) is 5.39 Å². The number of aryl methyl sites for hydroxylation is 1. The fourth-order valence-electron chi connectivity index (χ4n) is 2.70. The molecular weight excluding hydrogens is 327 g/mol. The minimum atomic E-state index is -0.400. The fraction of sp³-hybridized carbons (Fsp3) is 0.294. The third kappa shape index (κ3) is 3.17. The highest BCUT2D eigenvalue weighted by atomic mass is 32.2. The molecule has 2 heterocycles. The first-order chi connectivity index (χ1) is 11.6. The van der Waals surface area contributed by atoms with E-state index in [1.807, 2.05) is 24.5 Å². The number of hydrogen-bond donors (Lipinski definition) is 1. The minimum absolute atomic E-state index is 0.400. The van der Waals surface area contributed by atoms with Crippen LogP contribution in [0.4, 0.5) is 4.39 Å². The number of aromatic amines is 1. The normalized spacial score (nSPS) is 13.1. The van der Waals surface area contributed by atoms with E-state index in [1.54, 1.807) is 38.1 Å². The molecule has 0 saturated carbocycles. The summed E-state index contributed by atoms with van der Waals surface area (Å²) in [5, 5.41) is 12.6. The molecule has 1 aliphatic carbocycles. The number of nitrogens with one attached hydrogen (secondary N) is 1. The third-order valence-electron chi connectivity index (χ3n) is 3.96. The lowest BCUT2D eigenvalue weighted by atomic mass is 10.0. The Morgan fingerprint density at radius 3 is 2.79 bits per heavy atom. The SMILES string of the molecule is COC1=Cc2[nH]nc(SC)c2CC1.Cn1nc(F)c2ccccc21. The Hall–Kier alpha value is -2.28. The van der Waals surface area contributed by atoms with Crippen molar-refractivity contribution < 1.29 is 9.13 Å². The first-order valence-corrected chi connectivity index (χ1v) is 8.79. The molecule has 1 aliphatic rings. The standard InChI is InChI=1S/C9H12N2OS.C8H7FN2/c1-12-6-3-4-7-8(5-6)10-11-9(7)13-2;1-11-7-5-3-2-4-6(7)8(9)10-11/h5H,3-4H2,1-2H3,(H,10,11);2-5H,1H3. The lowest BCUT2D eigenvalue weighted by Crippen LogP contribution is -1.99. The summed E-state index contributed by atoms with van der Waals surface area (Å²) in [6, 6.07) is 7.22. The van der Waals surface area contributed by atoms with Crippen LogP contribution in [-0.2, 0) is 18.2 Å². The number of fused-ring (bicyclic) bond motifs is 2. The predicted molar refractivity (Wildman–Crippen MR) is 94.3 cm³/mol. The van der Waals surface area contributed by atoms with Crippen LogP contribution >= 0.6 is 11.8 Å². The highest BCUT2D eigenvalue weighted by Gasteiger charge is 2.16. The van der Waals surface area contributed by atoms with Crippen LogP contribution in [0, 0.1) is 5.95 Å². The Labute approximate surface area is 143 Å². The minimum Gasteiger partial charge on any atom is -0.501 e. The average Bonchev–Trinajstić information content (AvgIpc) is 3.16. The topological polar surface area (TPSA) is 55.7 Å². The Bertz CT molecular complexity index is 848. The monoisotopic (exact) mass is 346 g/mol. The van der Waals surface area contributed by atoms with E-state index in [1.165, 1.54) is 10.2 Å². The molecule has 2 aromatic heterocycles. The van der Waals surface area contributed by atoms with Gasteiger partial charge >= 0.3 is 0 Å². The Morgan fingerprint density at radius 1 is 1.29 bits per heavy atom. The quantitative estimate of drug-likeness (QED) is 0.718. The van der Waals surface area contributed by atoms with Crippen LogP contribution in [0.15, 0.2) is 35.1 Å². The fourth-order valence-corrected chi connectivity index (χ4v) is 3.30. The molecule has 5 nitrogen and oxygen atoms in total. The average molecular weight is 346 g/mol. The summed E-state index contributed by atoms with van der Waals surface area (Å²) in [4.78, 5) is 0. The number of H-pyrrole nitrogens is 1. The molecule has 126 valence electrons. The van der Waals surface area contributed by atoms with Gasteiger partial charge in [-0.3, -0.25) is 9.78 Å². The molecule has 1 aromatic carbocycles. The van der Waals surface area contributed by atoms with Crippen LogP contribution in [0.2, 0.25) is 0 Å². The van der Waals surface area contributed by atoms with Gasteiger partial charge in [0.2, 0.25) is 5.95 Å². The molecule has 0 saturated heterocycles. The van der Waals surface area contributed by atoms with E-state index in [4.69, 9.17) is 4.74 Å². The third-order valence-corrected chi connectivity index (χ3v) is 4.68. The van der Waals surface area contributed by atoms with Gasteiger partial charge in [-0.25, -0.2) is 0 Å². The van der Waals surface area contributed by atoms with Gasteiger partial charge in [-0.05, 0) is 24.8 Å². The highest BCUT2D eigenvalue weighted by molar-refractivity contribution is 7.98. The number of rotatable bonds is 2. The molecule has 7 heteroatoms. The maximum absolute atomic E-state index is 12.9. The smallest absolute Gasteiger partial charge is 0.240 e. The summed E-state index contributed by atoms with van der Waals surface area (Å²) in [7, 11) is 3.44. The summed E-state index contributed by atoms with van der Waals surface area (Å²) in [6.07, 6.45) is 6.09. The van der Waals surface area contributed by atoms with Gasteiger partial charge in [-0.2, -0.15) is 9.49 Å². The number of thioether (sulfide) groups is 1. The predicted octanol–water partition coefficient (Wildman–Crippen LogP) is 3.78. The van der Waals surface area contributed by atoms with Gasteiger partial charge in [0.1, 0.15) is 5.03 Å². The second-order valence-corrected chi connectivity index (χ2v) is 6.17. The van der Waals surface area contributed by atoms with E-state index in [9.17, 15) is 4.39 Å². The lowest BCUT2D eigenvalue weighted by molar-refractivity contribution is 0.279. The van der Waals surface area contributed by atoms with Gasteiger partial charge in [0.15, 0.2) is 0 Å². The molecule has 4 rings (SSSR count). The van der Waals surface area contributed by atoms with Crippen molar-refractivity contribution in [3.63, 3.8) is 0 Å². The van der Waals surface area contributed by atoms with E-state index in [0.717, 1.165) is 34.8 Å². The molecular formula is C17H19FN4OS. The van der Waals surface area contributed by atoms with Gasteiger partial charge in [-0.15, -0.1) is 16.9 Å². The number of benzene rings is 1. The van der Waals surface area contributed by atoms with E-state index in [-0.39, 0.29) is 0 Å². The van der Waals surface area contributed by atoms with Crippen LogP contribution < -0.4 is 0 Å². The summed E-state index contributed by atoms with van der Waals surface area (Å²) in [5.74, 6) is 0.631. The Balaban J connectivity index is 0.000000143. The summed E-state index contributed by atoms with van der Waals surface area (Å²) < 4.78 is 19.6. The summed E-state index contributed by atoms with van der Waals surface area (Å²) >= 11 is 1.69. The number of hydrogen-bond acceptors (Lipinski definition) is 4. The zero-order chi connectivity index (χ0) is 17.1. The number of para-hydroxylation sites is 1. The van der Waals surface area contributed by atoms with Crippen molar-refractivity contribution in [3.8, 4) is 0 Å². The van der Waals surface area contributed by atoms with Gasteiger partial charge in [0, 0.05) is 25.1 Å². The van der Waals surface area contributed by atoms with Gasteiger partial charge in [-0.1, -0.05) is 12.1 Å². The molecule has 0 atom stereocenters. The first kappa shape index (κ1) is 16.6. The van der Waals surface area contributed by atoms with Crippen LogP contribution in [0.3, 0.4) is 0 Å². The second-order valence-electron chi connectivity index (χ2n) is 5.37. The van der Waals surface area contributed by atoms with Crippen LogP contribution in [0.25, 0.3) is 17.0 Å². The zero-order valence-electron chi connectivity index (χ0n) is 13.8. The molecule has 3 aromatic rings. The second kappa shape index (κ2) is 7.09. The van der Waals surface area contributed by atoms with Gasteiger partial charge in [0.05, 0.1) is 29.5 Å². The highest BCUT2D eigenvalue weighted by Crippen LogP contribution is 2.29. The number of allylic oxidation sites excluding steroid dienone is 1. The summed E-state index contributed by atoms with van der Waals surface area (Å²) in [6.45, 7) is 0. The number of methoxy groups -OCH3 is 1. The first-order valence-electron chi connectivity index (χ1n) is 7.57. The molecule has 0 bridgehead atoms. The molecule has 0 fully saturated rings. The maximum atomic E-state index is 12.9. The van der Waals surface area contributed by atoms with Crippen LogP contribution in [0.5, 0.6) is 0 Å². The van der Waals surface area contributed by atoms with E-state index < -0.39 is 5.95 Å². The van der Waals surface area contributed by atoms with Crippen molar-refractivity contribution in [1.82, 2.24) is 20.0 Å². The molecule has 0 unspecified atom stereocenters.